The first-order valence-electron chi connectivity index (χ1n) is 7.83. The minimum absolute atomic E-state index is 0.0955. The van der Waals surface area contributed by atoms with E-state index in [1.165, 1.54) is 19.3 Å². The van der Waals surface area contributed by atoms with Gasteiger partial charge in [0.25, 0.3) is 0 Å². The maximum absolute atomic E-state index is 12.4. The second kappa shape index (κ2) is 5.79. The summed E-state index contributed by atoms with van der Waals surface area (Å²) in [5, 5.41) is 4.36. The molecule has 0 saturated heterocycles. The Kier molecular flexibility index (Phi) is 3.49. The van der Waals surface area contributed by atoms with Crippen molar-refractivity contribution >= 4 is 17.6 Å². The standard InChI is InChI=1S/C17H17N5O/c23-16(15-11-19-17-18-8-2-10-21(15)17)6-5-14-7-9-20-22(14)12-13-3-1-4-13/h2,5-11,13H,1,3-4,12H2/b6-5+. The Morgan fingerprint density at radius 2 is 2.22 bits per heavy atom. The van der Waals surface area contributed by atoms with Crippen LogP contribution < -0.4 is 0 Å². The molecule has 0 unspecified atom stereocenters. The van der Waals surface area contributed by atoms with Gasteiger partial charge in [0.1, 0.15) is 5.69 Å². The van der Waals surface area contributed by atoms with Gasteiger partial charge in [0.2, 0.25) is 11.6 Å². The van der Waals surface area contributed by atoms with Crippen LogP contribution >= 0.6 is 0 Å². The molecule has 0 N–H and O–H groups in total. The monoisotopic (exact) mass is 307 g/mol. The molecule has 1 saturated carbocycles. The van der Waals surface area contributed by atoms with Gasteiger partial charge in [0.15, 0.2) is 0 Å². The van der Waals surface area contributed by atoms with E-state index in [1.54, 1.807) is 41.3 Å². The summed E-state index contributed by atoms with van der Waals surface area (Å²) >= 11 is 0. The first kappa shape index (κ1) is 13.9. The quantitative estimate of drug-likeness (QED) is 0.537. The summed E-state index contributed by atoms with van der Waals surface area (Å²) in [5.74, 6) is 1.16. The second-order valence-electron chi connectivity index (χ2n) is 5.87. The zero-order chi connectivity index (χ0) is 15.6. The molecule has 0 bridgehead atoms. The van der Waals surface area contributed by atoms with Crippen molar-refractivity contribution in [2.24, 2.45) is 5.92 Å². The van der Waals surface area contributed by atoms with Crippen molar-refractivity contribution in [3.63, 3.8) is 0 Å². The van der Waals surface area contributed by atoms with Gasteiger partial charge >= 0.3 is 0 Å². The Morgan fingerprint density at radius 1 is 1.30 bits per heavy atom. The molecular formula is C17H17N5O. The third-order valence-corrected chi connectivity index (χ3v) is 4.35. The van der Waals surface area contributed by atoms with Gasteiger partial charge < -0.3 is 0 Å². The smallest absolute Gasteiger partial charge is 0.234 e. The fourth-order valence-corrected chi connectivity index (χ4v) is 2.81. The molecule has 0 radical (unpaired) electrons. The van der Waals surface area contributed by atoms with Gasteiger partial charge in [-0.3, -0.25) is 13.9 Å². The number of allylic oxidation sites excluding steroid dienone is 1. The van der Waals surface area contributed by atoms with Gasteiger partial charge in [-0.2, -0.15) is 5.10 Å². The second-order valence-corrected chi connectivity index (χ2v) is 5.87. The van der Waals surface area contributed by atoms with Crippen LogP contribution in [0, 0.1) is 5.92 Å². The van der Waals surface area contributed by atoms with E-state index in [0.717, 1.165) is 18.2 Å². The largest absolute Gasteiger partial charge is 0.288 e. The van der Waals surface area contributed by atoms with Crippen LogP contribution in [0.3, 0.4) is 0 Å². The van der Waals surface area contributed by atoms with Crippen LogP contribution in [-0.2, 0) is 6.54 Å². The lowest BCUT2D eigenvalue weighted by Crippen LogP contribution is -2.19. The number of hydrogen-bond acceptors (Lipinski definition) is 4. The molecule has 1 aliphatic carbocycles. The van der Waals surface area contributed by atoms with Crippen molar-refractivity contribution in [2.45, 2.75) is 25.8 Å². The van der Waals surface area contributed by atoms with Crippen LogP contribution in [0.2, 0.25) is 0 Å². The molecular weight excluding hydrogens is 290 g/mol. The highest BCUT2D eigenvalue weighted by Crippen LogP contribution is 2.28. The van der Waals surface area contributed by atoms with E-state index in [2.05, 4.69) is 15.1 Å². The topological polar surface area (TPSA) is 65.1 Å². The van der Waals surface area contributed by atoms with Crippen molar-refractivity contribution in [1.29, 1.82) is 0 Å². The molecule has 1 fully saturated rings. The highest BCUT2D eigenvalue weighted by atomic mass is 16.1. The fourth-order valence-electron chi connectivity index (χ4n) is 2.81. The zero-order valence-electron chi connectivity index (χ0n) is 12.7. The minimum Gasteiger partial charge on any atom is -0.288 e. The molecule has 6 nitrogen and oxygen atoms in total. The van der Waals surface area contributed by atoms with Crippen LogP contribution in [0.1, 0.15) is 35.4 Å². The van der Waals surface area contributed by atoms with Crippen LogP contribution in [0.4, 0.5) is 0 Å². The maximum atomic E-state index is 12.4. The lowest BCUT2D eigenvalue weighted by atomic mass is 9.85. The lowest BCUT2D eigenvalue weighted by molar-refractivity contribution is 0.104. The van der Waals surface area contributed by atoms with Crippen molar-refractivity contribution in [1.82, 2.24) is 24.1 Å². The molecule has 6 heteroatoms. The van der Waals surface area contributed by atoms with Gasteiger partial charge in [-0.1, -0.05) is 6.42 Å². The predicted octanol–water partition coefficient (Wildman–Crippen LogP) is 2.62. The Morgan fingerprint density at radius 3 is 3.04 bits per heavy atom. The molecule has 0 amide bonds. The summed E-state index contributed by atoms with van der Waals surface area (Å²) in [4.78, 5) is 20.7. The Bertz CT molecular complexity index is 872. The van der Waals surface area contributed by atoms with Crippen LogP contribution in [0.25, 0.3) is 11.9 Å². The van der Waals surface area contributed by atoms with E-state index in [-0.39, 0.29) is 5.78 Å². The summed E-state index contributed by atoms with van der Waals surface area (Å²) < 4.78 is 3.67. The van der Waals surface area contributed by atoms with Crippen molar-refractivity contribution in [2.75, 3.05) is 0 Å². The SMILES string of the molecule is O=C(/C=C/c1ccnn1CC1CCC1)c1cnc2ncccn12. The molecule has 0 atom stereocenters. The van der Waals surface area contributed by atoms with E-state index in [1.807, 2.05) is 16.8 Å². The van der Waals surface area contributed by atoms with Crippen LogP contribution in [0.15, 0.2) is 43.0 Å². The predicted molar refractivity (Wildman–Crippen MR) is 85.9 cm³/mol. The van der Waals surface area contributed by atoms with E-state index < -0.39 is 0 Å². The Labute approximate surface area is 133 Å². The molecule has 3 heterocycles. The number of hydrogen-bond donors (Lipinski definition) is 0. The summed E-state index contributed by atoms with van der Waals surface area (Å²) in [6.45, 7) is 0.931. The van der Waals surface area contributed by atoms with Gasteiger partial charge in [-0.15, -0.1) is 0 Å². The highest BCUT2D eigenvalue weighted by Gasteiger charge is 2.18. The van der Waals surface area contributed by atoms with Gasteiger partial charge in [0.05, 0.1) is 11.9 Å². The number of carbonyl (C=O) groups is 1. The fraction of sp³-hybridized carbons (Fsp3) is 0.294. The molecule has 116 valence electrons. The van der Waals surface area contributed by atoms with Crippen molar-refractivity contribution < 1.29 is 4.79 Å². The molecule has 4 rings (SSSR count). The van der Waals surface area contributed by atoms with E-state index in [0.29, 0.717) is 11.5 Å². The first-order valence-corrected chi connectivity index (χ1v) is 7.83. The average Bonchev–Trinajstić information content (AvgIpc) is 3.15. The summed E-state index contributed by atoms with van der Waals surface area (Å²) in [7, 11) is 0. The number of ketones is 1. The number of aromatic nitrogens is 5. The van der Waals surface area contributed by atoms with Crippen molar-refractivity contribution in [3.05, 3.63) is 54.4 Å². The molecule has 3 aromatic heterocycles. The number of carbonyl (C=O) groups excluding carboxylic acids is 1. The minimum atomic E-state index is -0.0955. The van der Waals surface area contributed by atoms with Gasteiger partial charge in [-0.05, 0) is 43.0 Å². The summed E-state index contributed by atoms with van der Waals surface area (Å²) in [5.41, 5.74) is 1.46. The van der Waals surface area contributed by atoms with Crippen LogP contribution in [0.5, 0.6) is 0 Å². The molecule has 23 heavy (non-hydrogen) atoms. The molecule has 0 aliphatic heterocycles. The number of imidazole rings is 1. The van der Waals surface area contributed by atoms with E-state index in [4.69, 9.17) is 0 Å². The zero-order valence-corrected chi connectivity index (χ0v) is 12.7. The van der Waals surface area contributed by atoms with Crippen molar-refractivity contribution in [3.8, 4) is 0 Å². The molecule has 0 aromatic carbocycles. The summed E-state index contributed by atoms with van der Waals surface area (Å²) in [6.07, 6.45) is 14.0. The lowest BCUT2D eigenvalue weighted by Gasteiger charge is -2.25. The van der Waals surface area contributed by atoms with E-state index >= 15 is 0 Å². The van der Waals surface area contributed by atoms with Gasteiger partial charge in [0, 0.05) is 25.1 Å². The number of nitrogens with zero attached hydrogens (tertiary/aromatic N) is 5. The third kappa shape index (κ3) is 2.67. The summed E-state index contributed by atoms with van der Waals surface area (Å²) in [6, 6.07) is 3.71. The molecule has 0 spiro atoms. The van der Waals surface area contributed by atoms with Crippen LogP contribution in [-0.4, -0.2) is 29.9 Å². The molecule has 3 aromatic rings. The number of fused-ring (bicyclic) bond motifs is 1. The molecule has 1 aliphatic rings. The number of rotatable bonds is 5. The first-order chi connectivity index (χ1) is 11.3. The third-order valence-electron chi connectivity index (χ3n) is 4.35. The van der Waals surface area contributed by atoms with Gasteiger partial charge in [-0.25, -0.2) is 9.97 Å². The van der Waals surface area contributed by atoms with E-state index in [9.17, 15) is 4.79 Å². The highest BCUT2D eigenvalue weighted by molar-refractivity contribution is 6.05. The average molecular weight is 307 g/mol. The normalized spacial score (nSPS) is 15.3. The Balaban J connectivity index is 1.54. The maximum Gasteiger partial charge on any atom is 0.234 e. The Hall–Kier alpha value is -2.76.